The number of aryl methyl sites for hydroxylation is 1. The van der Waals surface area contributed by atoms with Gasteiger partial charge in [0, 0.05) is 5.56 Å². The van der Waals surface area contributed by atoms with Gasteiger partial charge in [-0.25, -0.2) is 0 Å². The van der Waals surface area contributed by atoms with Crippen molar-refractivity contribution in [3.05, 3.63) is 34.9 Å². The number of hydrogen-bond donors (Lipinski definition) is 1. The van der Waals surface area contributed by atoms with E-state index in [9.17, 15) is 5.11 Å². The van der Waals surface area contributed by atoms with Gasteiger partial charge in [-0.1, -0.05) is 12.1 Å². The molecule has 2 aliphatic carbocycles. The van der Waals surface area contributed by atoms with Crippen LogP contribution in [-0.2, 0) is 6.42 Å². The number of hydrogen-bond acceptors (Lipinski definition) is 1. The first-order valence-electron chi connectivity index (χ1n) is 5.79. The Labute approximate surface area is 90.4 Å². The minimum Gasteiger partial charge on any atom is -0.507 e. The van der Waals surface area contributed by atoms with Gasteiger partial charge in [-0.2, -0.15) is 0 Å². The van der Waals surface area contributed by atoms with Crippen molar-refractivity contribution in [1.29, 1.82) is 0 Å². The molecule has 0 aromatic heterocycles. The van der Waals surface area contributed by atoms with Crippen LogP contribution in [0.15, 0.2) is 18.2 Å². The summed E-state index contributed by atoms with van der Waals surface area (Å²) in [6.07, 6.45) is 7.14. The molecular formula is C14H16O. The van der Waals surface area contributed by atoms with Crippen molar-refractivity contribution in [3.8, 4) is 5.75 Å². The first kappa shape index (κ1) is 9.02. The van der Waals surface area contributed by atoms with Crippen molar-refractivity contribution in [2.75, 3.05) is 0 Å². The Kier molecular flexibility index (Phi) is 1.88. The monoisotopic (exact) mass is 200 g/mol. The lowest BCUT2D eigenvalue weighted by Crippen LogP contribution is -1.95. The van der Waals surface area contributed by atoms with E-state index in [0.29, 0.717) is 11.7 Å². The predicted octanol–water partition coefficient (Wildman–Crippen LogP) is 3.62. The molecule has 78 valence electrons. The fourth-order valence-corrected chi connectivity index (χ4v) is 3.12. The standard InChI is InChI=1S/C14H16O/c1-9-3-2-4-10-5-6-11-7-8-12(15)13(9)14(10)11/h3,7-8,10,15H,2,4-6H2,1H3/t10-/m0/s1. The molecule has 1 aromatic rings. The van der Waals surface area contributed by atoms with Crippen LogP contribution in [0, 0.1) is 0 Å². The molecule has 0 amide bonds. The molecule has 15 heavy (non-hydrogen) atoms. The second kappa shape index (κ2) is 3.13. The number of allylic oxidation sites excluding steroid dienone is 2. The Morgan fingerprint density at radius 1 is 1.27 bits per heavy atom. The van der Waals surface area contributed by atoms with Crippen LogP contribution in [-0.4, -0.2) is 5.11 Å². The minimum atomic E-state index is 0.469. The van der Waals surface area contributed by atoms with Crippen molar-refractivity contribution >= 4 is 5.57 Å². The highest BCUT2D eigenvalue weighted by Gasteiger charge is 2.28. The van der Waals surface area contributed by atoms with E-state index in [1.807, 2.05) is 6.07 Å². The lowest BCUT2D eigenvalue weighted by atomic mass is 9.92. The normalized spacial score (nSPS) is 23.3. The van der Waals surface area contributed by atoms with Crippen LogP contribution in [0.2, 0.25) is 0 Å². The number of phenolic OH excluding ortho intramolecular Hbond substituents is 1. The Morgan fingerprint density at radius 3 is 3.00 bits per heavy atom. The van der Waals surface area contributed by atoms with Crippen LogP contribution < -0.4 is 0 Å². The number of benzene rings is 1. The quantitative estimate of drug-likeness (QED) is 0.678. The highest BCUT2D eigenvalue weighted by atomic mass is 16.3. The number of aromatic hydroxyl groups is 1. The van der Waals surface area contributed by atoms with E-state index in [4.69, 9.17) is 0 Å². The second-order valence-corrected chi connectivity index (χ2v) is 4.73. The summed E-state index contributed by atoms with van der Waals surface area (Å²) in [6, 6.07) is 3.96. The maximum absolute atomic E-state index is 9.98. The zero-order valence-corrected chi connectivity index (χ0v) is 9.09. The zero-order chi connectivity index (χ0) is 10.4. The third kappa shape index (κ3) is 1.22. The van der Waals surface area contributed by atoms with E-state index in [1.165, 1.54) is 36.0 Å². The van der Waals surface area contributed by atoms with Gasteiger partial charge in [0.2, 0.25) is 0 Å². The molecule has 0 spiro atoms. The highest BCUT2D eigenvalue weighted by Crippen LogP contribution is 2.46. The smallest absolute Gasteiger partial charge is 0.123 e. The molecule has 0 unspecified atom stereocenters. The second-order valence-electron chi connectivity index (χ2n) is 4.73. The summed E-state index contributed by atoms with van der Waals surface area (Å²) in [4.78, 5) is 0. The van der Waals surface area contributed by atoms with E-state index in [-0.39, 0.29) is 0 Å². The van der Waals surface area contributed by atoms with Crippen molar-refractivity contribution in [2.24, 2.45) is 0 Å². The van der Waals surface area contributed by atoms with E-state index in [1.54, 1.807) is 0 Å². The molecule has 0 fully saturated rings. The Balaban J connectivity index is 2.31. The number of rotatable bonds is 0. The molecule has 0 aliphatic heterocycles. The van der Waals surface area contributed by atoms with Gasteiger partial charge in [0.25, 0.3) is 0 Å². The van der Waals surface area contributed by atoms with Crippen LogP contribution >= 0.6 is 0 Å². The van der Waals surface area contributed by atoms with Crippen molar-refractivity contribution in [2.45, 2.75) is 38.5 Å². The fourth-order valence-electron chi connectivity index (χ4n) is 3.12. The molecule has 1 N–H and O–H groups in total. The van der Waals surface area contributed by atoms with E-state index in [2.05, 4.69) is 19.1 Å². The molecule has 2 aliphatic rings. The van der Waals surface area contributed by atoms with E-state index < -0.39 is 0 Å². The van der Waals surface area contributed by atoms with Crippen LogP contribution in [0.25, 0.3) is 5.57 Å². The third-order valence-corrected chi connectivity index (χ3v) is 3.84. The topological polar surface area (TPSA) is 20.2 Å². The Hall–Kier alpha value is -1.24. The SMILES string of the molecule is CC1=CCC[C@H]2CCc3ccc(O)c1c32. The fraction of sp³-hybridized carbons (Fsp3) is 0.429. The van der Waals surface area contributed by atoms with Gasteiger partial charge in [0.1, 0.15) is 5.75 Å². The molecule has 0 heterocycles. The lowest BCUT2D eigenvalue weighted by Gasteiger charge is -2.14. The van der Waals surface area contributed by atoms with Gasteiger partial charge in [-0.15, -0.1) is 0 Å². The zero-order valence-electron chi connectivity index (χ0n) is 9.09. The molecule has 3 rings (SSSR count). The lowest BCUT2D eigenvalue weighted by molar-refractivity contribution is 0.472. The van der Waals surface area contributed by atoms with Gasteiger partial charge >= 0.3 is 0 Å². The van der Waals surface area contributed by atoms with Gasteiger partial charge in [-0.3, -0.25) is 0 Å². The van der Waals surface area contributed by atoms with Gasteiger partial charge < -0.3 is 5.11 Å². The average Bonchev–Trinajstić information content (AvgIpc) is 2.53. The van der Waals surface area contributed by atoms with Crippen LogP contribution in [0.5, 0.6) is 5.75 Å². The van der Waals surface area contributed by atoms with Crippen LogP contribution in [0.3, 0.4) is 0 Å². The van der Waals surface area contributed by atoms with Gasteiger partial charge in [-0.05, 0) is 61.3 Å². The van der Waals surface area contributed by atoms with Crippen molar-refractivity contribution in [1.82, 2.24) is 0 Å². The van der Waals surface area contributed by atoms with Crippen LogP contribution in [0.4, 0.5) is 0 Å². The number of phenols is 1. The minimum absolute atomic E-state index is 0.469. The Morgan fingerprint density at radius 2 is 2.13 bits per heavy atom. The molecule has 1 atom stereocenters. The Bertz CT molecular complexity index is 443. The van der Waals surface area contributed by atoms with Gasteiger partial charge in [0.15, 0.2) is 0 Å². The largest absolute Gasteiger partial charge is 0.507 e. The molecule has 0 bridgehead atoms. The maximum atomic E-state index is 9.98. The van der Waals surface area contributed by atoms with Crippen molar-refractivity contribution in [3.63, 3.8) is 0 Å². The summed E-state index contributed by atoms with van der Waals surface area (Å²) in [7, 11) is 0. The van der Waals surface area contributed by atoms with Crippen LogP contribution in [0.1, 0.15) is 48.8 Å². The maximum Gasteiger partial charge on any atom is 0.123 e. The van der Waals surface area contributed by atoms with E-state index in [0.717, 1.165) is 12.0 Å². The summed E-state index contributed by atoms with van der Waals surface area (Å²) in [5, 5.41) is 9.98. The summed E-state index contributed by atoms with van der Waals surface area (Å²) in [6.45, 7) is 2.12. The summed E-state index contributed by atoms with van der Waals surface area (Å²) < 4.78 is 0. The predicted molar refractivity (Wildman–Crippen MR) is 62.1 cm³/mol. The van der Waals surface area contributed by atoms with Gasteiger partial charge in [0.05, 0.1) is 0 Å². The molecule has 1 heteroatoms. The first-order chi connectivity index (χ1) is 7.27. The summed E-state index contributed by atoms with van der Waals surface area (Å²) >= 11 is 0. The first-order valence-corrected chi connectivity index (χ1v) is 5.79. The molecule has 0 radical (unpaired) electrons. The van der Waals surface area contributed by atoms with E-state index >= 15 is 0 Å². The third-order valence-electron chi connectivity index (χ3n) is 3.84. The summed E-state index contributed by atoms with van der Waals surface area (Å²) in [5.74, 6) is 1.16. The molecule has 1 aromatic carbocycles. The molecule has 0 saturated heterocycles. The highest BCUT2D eigenvalue weighted by molar-refractivity contribution is 5.74. The summed E-state index contributed by atoms with van der Waals surface area (Å²) in [5.41, 5.74) is 5.30. The van der Waals surface area contributed by atoms with Crippen molar-refractivity contribution < 1.29 is 5.11 Å². The molecular weight excluding hydrogens is 184 g/mol. The average molecular weight is 200 g/mol. The molecule has 1 nitrogen and oxygen atoms in total. The molecule has 0 saturated carbocycles.